The normalized spacial score (nSPS) is 18.4. The average molecular weight is 526 g/mol. The van der Waals surface area contributed by atoms with Crippen molar-refractivity contribution in [3.05, 3.63) is 88.1 Å². The SMILES string of the molecule is Cl.c1ccc(C(c2cccs2)N2CCN(Cc3ccc(OCCCN4CCCCC4)cc3)CC2)cc1. The second-order valence-corrected chi connectivity index (χ2v) is 10.9. The van der Waals surface area contributed by atoms with Gasteiger partial charge in [-0.3, -0.25) is 9.80 Å². The molecule has 1 atom stereocenters. The number of halogens is 1. The standard InChI is InChI=1S/C30H39N3OS.ClH/c1-3-9-27(10-4-1)30(29-11-7-24-35-29)33-21-19-32(20-22-33)25-26-12-14-28(15-13-26)34-23-8-18-31-16-5-2-6-17-31;/h1,3-4,7,9-15,24,30H,2,5-6,8,16-23,25H2;1H. The minimum Gasteiger partial charge on any atom is -0.494 e. The van der Waals surface area contributed by atoms with E-state index < -0.39 is 0 Å². The Hall–Kier alpha value is -1.89. The molecule has 36 heavy (non-hydrogen) atoms. The largest absolute Gasteiger partial charge is 0.494 e. The van der Waals surface area contributed by atoms with Crippen LogP contribution in [0.5, 0.6) is 5.75 Å². The Morgan fingerprint density at radius 3 is 2.19 bits per heavy atom. The van der Waals surface area contributed by atoms with Crippen molar-refractivity contribution in [1.29, 1.82) is 0 Å². The number of piperidine rings is 1. The van der Waals surface area contributed by atoms with E-state index in [9.17, 15) is 0 Å². The van der Waals surface area contributed by atoms with Crippen LogP contribution >= 0.6 is 23.7 Å². The van der Waals surface area contributed by atoms with Gasteiger partial charge in [0.1, 0.15) is 5.75 Å². The Kier molecular flexibility index (Phi) is 10.7. The molecular weight excluding hydrogens is 486 g/mol. The summed E-state index contributed by atoms with van der Waals surface area (Å²) < 4.78 is 6.01. The van der Waals surface area contributed by atoms with E-state index in [1.807, 2.05) is 11.3 Å². The van der Waals surface area contributed by atoms with Gasteiger partial charge in [-0.2, -0.15) is 0 Å². The fourth-order valence-corrected chi connectivity index (χ4v) is 6.31. The number of piperazine rings is 1. The Morgan fingerprint density at radius 2 is 1.50 bits per heavy atom. The summed E-state index contributed by atoms with van der Waals surface area (Å²) in [5.41, 5.74) is 2.77. The van der Waals surface area contributed by atoms with E-state index in [4.69, 9.17) is 4.74 Å². The van der Waals surface area contributed by atoms with Crippen LogP contribution < -0.4 is 4.74 Å². The molecule has 5 rings (SSSR count). The first-order valence-corrected chi connectivity index (χ1v) is 14.2. The first-order valence-electron chi connectivity index (χ1n) is 13.3. The fourth-order valence-electron chi connectivity index (χ4n) is 5.43. The molecule has 2 aromatic carbocycles. The van der Waals surface area contributed by atoms with E-state index in [1.165, 1.54) is 54.9 Å². The van der Waals surface area contributed by atoms with Crippen molar-refractivity contribution < 1.29 is 4.74 Å². The fraction of sp³-hybridized carbons (Fsp3) is 0.467. The maximum Gasteiger partial charge on any atom is 0.119 e. The first kappa shape index (κ1) is 27.2. The van der Waals surface area contributed by atoms with Crippen molar-refractivity contribution in [2.75, 3.05) is 52.4 Å². The number of hydrogen-bond donors (Lipinski definition) is 0. The zero-order valence-corrected chi connectivity index (χ0v) is 22.9. The molecule has 0 spiro atoms. The van der Waals surface area contributed by atoms with Crippen molar-refractivity contribution >= 4 is 23.7 Å². The van der Waals surface area contributed by atoms with E-state index in [0.29, 0.717) is 6.04 Å². The molecule has 2 fully saturated rings. The number of thiophene rings is 1. The van der Waals surface area contributed by atoms with Gasteiger partial charge in [-0.15, -0.1) is 23.7 Å². The maximum absolute atomic E-state index is 6.01. The van der Waals surface area contributed by atoms with E-state index in [0.717, 1.165) is 51.5 Å². The quantitative estimate of drug-likeness (QED) is 0.288. The Balaban J connectivity index is 0.00000304. The number of benzene rings is 2. The van der Waals surface area contributed by atoms with Crippen molar-refractivity contribution in [3.63, 3.8) is 0 Å². The zero-order valence-electron chi connectivity index (χ0n) is 21.3. The molecule has 0 saturated carbocycles. The highest BCUT2D eigenvalue weighted by Gasteiger charge is 2.27. The highest BCUT2D eigenvalue weighted by molar-refractivity contribution is 7.10. The van der Waals surface area contributed by atoms with Gasteiger partial charge in [-0.25, -0.2) is 0 Å². The number of nitrogens with zero attached hydrogens (tertiary/aromatic N) is 3. The molecule has 0 amide bonds. The number of rotatable bonds is 10. The molecule has 6 heteroatoms. The molecule has 1 aromatic heterocycles. The van der Waals surface area contributed by atoms with Crippen molar-refractivity contribution in [3.8, 4) is 5.75 Å². The summed E-state index contributed by atoms with van der Waals surface area (Å²) in [6.07, 6.45) is 5.24. The minimum absolute atomic E-state index is 0. The molecule has 4 nitrogen and oxygen atoms in total. The van der Waals surface area contributed by atoms with Gasteiger partial charge in [0.25, 0.3) is 0 Å². The molecule has 3 aromatic rings. The summed E-state index contributed by atoms with van der Waals surface area (Å²) in [6, 6.07) is 24.6. The van der Waals surface area contributed by atoms with Gasteiger partial charge < -0.3 is 9.64 Å². The Labute approximate surface area is 227 Å². The summed E-state index contributed by atoms with van der Waals surface area (Å²) in [4.78, 5) is 9.26. The van der Waals surface area contributed by atoms with Gasteiger partial charge in [0, 0.05) is 44.1 Å². The zero-order chi connectivity index (χ0) is 23.7. The van der Waals surface area contributed by atoms with Crippen LogP contribution in [0.1, 0.15) is 47.7 Å². The lowest BCUT2D eigenvalue weighted by Gasteiger charge is -2.39. The lowest BCUT2D eigenvalue weighted by molar-refractivity contribution is 0.106. The van der Waals surface area contributed by atoms with Crippen molar-refractivity contribution in [1.82, 2.24) is 14.7 Å². The van der Waals surface area contributed by atoms with Crippen LogP contribution in [0.15, 0.2) is 72.1 Å². The minimum atomic E-state index is 0. The second-order valence-electron chi connectivity index (χ2n) is 9.89. The van der Waals surface area contributed by atoms with E-state index in [2.05, 4.69) is 86.8 Å². The molecule has 3 heterocycles. The number of hydrogen-bond acceptors (Lipinski definition) is 5. The van der Waals surface area contributed by atoms with Gasteiger partial charge in [-0.1, -0.05) is 55.0 Å². The summed E-state index contributed by atoms with van der Waals surface area (Å²) >= 11 is 1.87. The lowest BCUT2D eigenvalue weighted by atomic mass is 10.0. The molecule has 194 valence electrons. The summed E-state index contributed by atoms with van der Waals surface area (Å²) in [6.45, 7) is 9.91. The Bertz CT molecular complexity index is 985. The molecule has 2 aliphatic heterocycles. The molecule has 0 bridgehead atoms. The first-order chi connectivity index (χ1) is 17.3. The van der Waals surface area contributed by atoms with Crippen LogP contribution in [0.3, 0.4) is 0 Å². The Morgan fingerprint density at radius 1 is 0.750 bits per heavy atom. The van der Waals surface area contributed by atoms with Crippen LogP contribution in [0, 0.1) is 0 Å². The van der Waals surface area contributed by atoms with E-state index in [-0.39, 0.29) is 12.4 Å². The molecule has 2 aliphatic rings. The van der Waals surface area contributed by atoms with E-state index in [1.54, 1.807) is 0 Å². The van der Waals surface area contributed by atoms with Crippen LogP contribution in [-0.4, -0.2) is 67.1 Å². The molecule has 1 unspecified atom stereocenters. The van der Waals surface area contributed by atoms with Crippen LogP contribution in [-0.2, 0) is 6.54 Å². The van der Waals surface area contributed by atoms with Crippen LogP contribution in [0.25, 0.3) is 0 Å². The predicted molar refractivity (Wildman–Crippen MR) is 154 cm³/mol. The average Bonchev–Trinajstić information content (AvgIpc) is 3.44. The lowest BCUT2D eigenvalue weighted by Crippen LogP contribution is -2.47. The number of likely N-dealkylation sites (tertiary alicyclic amines) is 1. The molecule has 0 radical (unpaired) electrons. The number of ether oxygens (including phenoxy) is 1. The maximum atomic E-state index is 6.01. The van der Waals surface area contributed by atoms with Gasteiger partial charge in [0.15, 0.2) is 0 Å². The monoisotopic (exact) mass is 525 g/mol. The molecule has 0 N–H and O–H groups in total. The third-order valence-corrected chi connectivity index (χ3v) is 8.29. The predicted octanol–water partition coefficient (Wildman–Crippen LogP) is 6.33. The van der Waals surface area contributed by atoms with Gasteiger partial charge in [-0.05, 0) is 67.1 Å². The summed E-state index contributed by atoms with van der Waals surface area (Å²) in [5, 5.41) is 2.20. The van der Waals surface area contributed by atoms with E-state index >= 15 is 0 Å². The van der Waals surface area contributed by atoms with Crippen LogP contribution in [0.2, 0.25) is 0 Å². The highest BCUT2D eigenvalue weighted by Crippen LogP contribution is 2.32. The topological polar surface area (TPSA) is 19.0 Å². The third kappa shape index (κ3) is 7.56. The molecule has 2 saturated heterocycles. The highest BCUT2D eigenvalue weighted by atomic mass is 35.5. The van der Waals surface area contributed by atoms with Crippen molar-refractivity contribution in [2.24, 2.45) is 0 Å². The summed E-state index contributed by atoms with van der Waals surface area (Å²) in [5.74, 6) is 0.999. The molecular formula is C30H40ClN3OS. The third-order valence-electron chi connectivity index (χ3n) is 7.37. The van der Waals surface area contributed by atoms with Crippen molar-refractivity contribution in [2.45, 2.75) is 38.3 Å². The van der Waals surface area contributed by atoms with Crippen LogP contribution in [0.4, 0.5) is 0 Å². The molecule has 0 aliphatic carbocycles. The van der Waals surface area contributed by atoms with Gasteiger partial charge in [0.2, 0.25) is 0 Å². The summed E-state index contributed by atoms with van der Waals surface area (Å²) in [7, 11) is 0. The van der Waals surface area contributed by atoms with Gasteiger partial charge >= 0.3 is 0 Å². The second kappa shape index (κ2) is 14.2. The smallest absolute Gasteiger partial charge is 0.119 e. The van der Waals surface area contributed by atoms with Gasteiger partial charge in [0.05, 0.1) is 12.6 Å².